The molecule has 4 atom stereocenters. The van der Waals surface area contributed by atoms with E-state index in [4.69, 9.17) is 0 Å². The minimum Gasteiger partial charge on any atom is -0.310 e. The van der Waals surface area contributed by atoms with Crippen LogP contribution in [0.25, 0.3) is 0 Å². The van der Waals surface area contributed by atoms with Gasteiger partial charge in [0, 0.05) is 42.7 Å². The monoisotopic (exact) mass is 353 g/mol. The quantitative estimate of drug-likeness (QED) is 0.826. The number of piperidine rings is 1. The fourth-order valence-electron chi connectivity index (χ4n) is 6.03. The summed E-state index contributed by atoms with van der Waals surface area (Å²) in [4.78, 5) is 26.4. The highest BCUT2D eigenvalue weighted by Gasteiger charge is 2.56. The SMILES string of the molecule is CC1(C)CC(=O)C2C(C1)NC1CC(C)(C)CC(=O)C1C2c1ccccc1. The first kappa shape index (κ1) is 17.9. The van der Waals surface area contributed by atoms with E-state index < -0.39 is 0 Å². The number of benzene rings is 1. The Morgan fingerprint density at radius 1 is 0.769 bits per heavy atom. The first-order valence-corrected chi connectivity index (χ1v) is 10.0. The highest BCUT2D eigenvalue weighted by Crippen LogP contribution is 2.52. The average molecular weight is 354 g/mol. The van der Waals surface area contributed by atoms with Crippen molar-refractivity contribution in [3.63, 3.8) is 0 Å². The van der Waals surface area contributed by atoms with Gasteiger partial charge in [0.2, 0.25) is 0 Å². The van der Waals surface area contributed by atoms with Gasteiger partial charge in [-0.1, -0.05) is 58.0 Å². The number of nitrogens with one attached hydrogen (secondary N) is 1. The molecule has 1 heterocycles. The van der Waals surface area contributed by atoms with Gasteiger partial charge in [-0.25, -0.2) is 0 Å². The Morgan fingerprint density at radius 2 is 1.23 bits per heavy atom. The maximum atomic E-state index is 13.2. The molecule has 0 bridgehead atoms. The van der Waals surface area contributed by atoms with Crippen LogP contribution >= 0.6 is 0 Å². The molecule has 0 aromatic heterocycles. The van der Waals surface area contributed by atoms with E-state index in [1.54, 1.807) is 0 Å². The van der Waals surface area contributed by atoms with Crippen LogP contribution in [-0.2, 0) is 9.59 Å². The Labute approximate surface area is 156 Å². The summed E-state index contributed by atoms with van der Waals surface area (Å²) in [7, 11) is 0. The van der Waals surface area contributed by atoms with Gasteiger partial charge in [0.05, 0.1) is 0 Å². The largest absolute Gasteiger partial charge is 0.310 e. The van der Waals surface area contributed by atoms with Gasteiger partial charge in [-0.15, -0.1) is 0 Å². The van der Waals surface area contributed by atoms with Gasteiger partial charge in [-0.3, -0.25) is 9.59 Å². The van der Waals surface area contributed by atoms with E-state index in [1.807, 2.05) is 18.2 Å². The van der Waals surface area contributed by atoms with Gasteiger partial charge < -0.3 is 5.32 Å². The predicted molar refractivity (Wildman–Crippen MR) is 103 cm³/mol. The Kier molecular flexibility index (Phi) is 4.15. The first-order chi connectivity index (χ1) is 12.2. The Morgan fingerprint density at radius 3 is 1.69 bits per heavy atom. The molecule has 3 fully saturated rings. The molecular weight excluding hydrogens is 322 g/mol. The lowest BCUT2D eigenvalue weighted by Crippen LogP contribution is -2.65. The number of ketones is 2. The van der Waals surface area contributed by atoms with Gasteiger partial charge in [0.25, 0.3) is 0 Å². The molecule has 4 unspecified atom stereocenters. The van der Waals surface area contributed by atoms with Gasteiger partial charge >= 0.3 is 0 Å². The molecule has 0 radical (unpaired) electrons. The second-order valence-electron chi connectivity index (χ2n) is 10.4. The van der Waals surface area contributed by atoms with E-state index in [2.05, 4.69) is 45.1 Å². The molecule has 2 saturated carbocycles. The first-order valence-electron chi connectivity index (χ1n) is 10.0. The zero-order valence-corrected chi connectivity index (χ0v) is 16.4. The molecule has 1 aliphatic heterocycles. The predicted octanol–water partition coefficient (Wildman–Crippen LogP) is 4.12. The average Bonchev–Trinajstić information content (AvgIpc) is 2.51. The van der Waals surface area contributed by atoms with Crippen LogP contribution in [0.2, 0.25) is 0 Å². The fraction of sp³-hybridized carbons (Fsp3) is 0.652. The summed E-state index contributed by atoms with van der Waals surface area (Å²) in [6.45, 7) is 8.79. The van der Waals surface area contributed by atoms with Crippen LogP contribution in [0.4, 0.5) is 0 Å². The Balaban J connectivity index is 1.79. The van der Waals surface area contributed by atoms with Crippen molar-refractivity contribution >= 4 is 11.6 Å². The zero-order valence-electron chi connectivity index (χ0n) is 16.4. The zero-order chi connectivity index (χ0) is 18.7. The van der Waals surface area contributed by atoms with Crippen molar-refractivity contribution < 1.29 is 9.59 Å². The molecule has 3 heteroatoms. The summed E-state index contributed by atoms with van der Waals surface area (Å²) in [5.74, 6) is 0.556. The third-order valence-corrected chi connectivity index (χ3v) is 6.85. The fourth-order valence-corrected chi connectivity index (χ4v) is 6.03. The molecule has 140 valence electrons. The lowest BCUT2D eigenvalue weighted by atomic mass is 9.54. The van der Waals surface area contributed by atoms with Crippen molar-refractivity contribution in [2.45, 2.75) is 71.4 Å². The minimum atomic E-state index is -0.0724. The highest BCUT2D eigenvalue weighted by molar-refractivity contribution is 5.89. The summed E-state index contributed by atoms with van der Waals surface area (Å²) in [6.07, 6.45) is 3.25. The van der Waals surface area contributed by atoms with Crippen LogP contribution in [0, 0.1) is 22.7 Å². The maximum absolute atomic E-state index is 13.2. The molecule has 2 aliphatic carbocycles. The number of Topliss-reactive ketones (excluding diaryl/α,β-unsaturated/α-hetero) is 2. The highest BCUT2D eigenvalue weighted by atomic mass is 16.1. The van der Waals surface area contributed by atoms with Crippen molar-refractivity contribution in [3.8, 4) is 0 Å². The molecule has 0 amide bonds. The smallest absolute Gasteiger partial charge is 0.138 e. The second-order valence-corrected chi connectivity index (χ2v) is 10.4. The van der Waals surface area contributed by atoms with Crippen molar-refractivity contribution in [1.82, 2.24) is 5.32 Å². The number of hydrogen-bond donors (Lipinski definition) is 1. The van der Waals surface area contributed by atoms with Crippen LogP contribution in [0.5, 0.6) is 0 Å². The molecule has 1 saturated heterocycles. The van der Waals surface area contributed by atoms with Gasteiger partial charge in [-0.2, -0.15) is 0 Å². The van der Waals surface area contributed by atoms with Crippen LogP contribution in [-0.4, -0.2) is 23.7 Å². The molecule has 3 aliphatic rings. The summed E-state index contributed by atoms with van der Waals surface area (Å²) < 4.78 is 0. The molecule has 1 aromatic carbocycles. The van der Waals surface area contributed by atoms with Crippen molar-refractivity contribution in [1.29, 1.82) is 0 Å². The van der Waals surface area contributed by atoms with Crippen LogP contribution in [0.15, 0.2) is 30.3 Å². The van der Waals surface area contributed by atoms with E-state index in [9.17, 15) is 9.59 Å². The lowest BCUT2D eigenvalue weighted by Gasteiger charge is -2.55. The normalized spacial score (nSPS) is 38.4. The standard InChI is InChI=1S/C23H31NO2/c1-22(2)10-15-20(17(25)12-22)19(14-8-6-5-7-9-14)21-16(24-15)11-23(3,4)13-18(21)26/h5-9,15-16,19-21,24H,10-13H2,1-4H3. The molecule has 4 rings (SSSR count). The van der Waals surface area contributed by atoms with Gasteiger partial charge in [-0.05, 0) is 29.2 Å². The van der Waals surface area contributed by atoms with Crippen molar-refractivity contribution in [2.24, 2.45) is 22.7 Å². The van der Waals surface area contributed by atoms with Crippen LogP contribution in [0.3, 0.4) is 0 Å². The third kappa shape index (κ3) is 3.05. The van der Waals surface area contributed by atoms with Crippen molar-refractivity contribution in [2.75, 3.05) is 0 Å². The summed E-state index contributed by atoms with van der Waals surface area (Å²) in [5.41, 5.74) is 1.24. The summed E-state index contributed by atoms with van der Waals surface area (Å²) >= 11 is 0. The number of carbonyl (C=O) groups excluding carboxylic acids is 2. The molecule has 1 N–H and O–H groups in total. The molecule has 1 aromatic rings. The molecule has 0 spiro atoms. The van der Waals surface area contributed by atoms with Crippen molar-refractivity contribution in [3.05, 3.63) is 35.9 Å². The minimum absolute atomic E-state index is 0.0275. The maximum Gasteiger partial charge on any atom is 0.138 e. The number of hydrogen-bond acceptors (Lipinski definition) is 3. The lowest BCUT2D eigenvalue weighted by molar-refractivity contribution is -0.140. The molecular formula is C23H31NO2. The van der Waals surface area contributed by atoms with Crippen LogP contribution < -0.4 is 5.32 Å². The van der Waals surface area contributed by atoms with E-state index in [0.29, 0.717) is 24.4 Å². The van der Waals surface area contributed by atoms with E-state index in [-0.39, 0.29) is 40.7 Å². The Hall–Kier alpha value is -1.48. The number of carbonyl (C=O) groups is 2. The third-order valence-electron chi connectivity index (χ3n) is 6.85. The molecule has 26 heavy (non-hydrogen) atoms. The van der Waals surface area contributed by atoms with Crippen LogP contribution in [0.1, 0.15) is 64.9 Å². The second kappa shape index (κ2) is 6.02. The Bertz CT molecular complexity index is 679. The van der Waals surface area contributed by atoms with E-state index in [1.165, 1.54) is 5.56 Å². The van der Waals surface area contributed by atoms with Gasteiger partial charge in [0.15, 0.2) is 0 Å². The summed E-state index contributed by atoms with van der Waals surface area (Å²) in [5, 5.41) is 3.79. The van der Waals surface area contributed by atoms with E-state index in [0.717, 1.165) is 12.8 Å². The number of rotatable bonds is 1. The summed E-state index contributed by atoms with van der Waals surface area (Å²) in [6, 6.07) is 10.7. The molecule has 3 nitrogen and oxygen atoms in total. The van der Waals surface area contributed by atoms with Gasteiger partial charge in [0.1, 0.15) is 11.6 Å². The number of fused-ring (bicyclic) bond motifs is 2. The topological polar surface area (TPSA) is 46.2 Å². The van der Waals surface area contributed by atoms with E-state index >= 15 is 0 Å².